The van der Waals surface area contributed by atoms with Crippen molar-refractivity contribution in [2.24, 2.45) is 5.41 Å². The highest BCUT2D eigenvalue weighted by Crippen LogP contribution is 2.36. The predicted molar refractivity (Wildman–Crippen MR) is 158 cm³/mol. The average molecular weight is 596 g/mol. The zero-order chi connectivity index (χ0) is 30.7. The highest BCUT2D eigenvalue weighted by atomic mass is 16.6. The number of hydrogen-bond acceptors (Lipinski definition) is 8. The van der Waals surface area contributed by atoms with E-state index in [0.29, 0.717) is 31.6 Å². The summed E-state index contributed by atoms with van der Waals surface area (Å²) in [5.41, 5.74) is 0.267. The fourth-order valence-electron chi connectivity index (χ4n) is 5.46. The maximum Gasteiger partial charge on any atom is 0.410 e. The van der Waals surface area contributed by atoms with Crippen molar-refractivity contribution in [2.75, 3.05) is 31.6 Å². The topological polar surface area (TPSA) is 159 Å². The number of hydrogen-bond donors (Lipinski definition) is 4. The molecule has 2 fully saturated rings. The molecule has 0 spiro atoms. The number of carbonyl (C=O) groups is 4. The van der Waals surface area contributed by atoms with Gasteiger partial charge in [0, 0.05) is 24.7 Å². The number of amides is 3. The van der Waals surface area contributed by atoms with E-state index in [-0.39, 0.29) is 38.3 Å². The van der Waals surface area contributed by atoms with E-state index in [1.807, 2.05) is 55.5 Å². The Morgan fingerprint density at radius 3 is 2.51 bits per heavy atom. The molecule has 0 unspecified atom stereocenters. The number of carboxylic acids is 1. The third-order valence-corrected chi connectivity index (χ3v) is 8.06. The second-order valence-corrected chi connectivity index (χ2v) is 11.4. The lowest BCUT2D eigenvalue weighted by molar-refractivity contribution is -0.144. The summed E-state index contributed by atoms with van der Waals surface area (Å²) in [4.78, 5) is 56.0. The Bertz CT molecular complexity index is 1220. The average Bonchev–Trinajstić information content (AvgIpc) is 3.44. The van der Waals surface area contributed by atoms with Crippen molar-refractivity contribution in [3.05, 3.63) is 60.3 Å². The molecule has 1 saturated heterocycles. The van der Waals surface area contributed by atoms with Gasteiger partial charge in [-0.2, -0.15) is 0 Å². The van der Waals surface area contributed by atoms with Gasteiger partial charge >= 0.3 is 12.1 Å². The Hall–Kier alpha value is -4.19. The molecule has 2 aliphatic rings. The van der Waals surface area contributed by atoms with Crippen LogP contribution < -0.4 is 16.0 Å². The molecule has 1 saturated carbocycles. The number of rotatable bonds is 13. The van der Waals surface area contributed by atoms with Gasteiger partial charge in [0.2, 0.25) is 11.8 Å². The van der Waals surface area contributed by atoms with Gasteiger partial charge in [-0.15, -0.1) is 0 Å². The lowest BCUT2D eigenvalue weighted by Gasteiger charge is -2.33. The molecule has 43 heavy (non-hydrogen) atoms. The van der Waals surface area contributed by atoms with Crippen LogP contribution in [0.1, 0.15) is 51.0 Å². The molecular weight excluding hydrogens is 554 g/mol. The maximum atomic E-state index is 13.0. The molecule has 1 aliphatic heterocycles. The maximum absolute atomic E-state index is 13.0. The predicted octanol–water partition coefficient (Wildman–Crippen LogP) is 2.95. The normalized spacial score (nSPS) is 20.1. The summed E-state index contributed by atoms with van der Waals surface area (Å²) in [6, 6.07) is 13.4. The number of ether oxygens (including phenoxy) is 2. The SMILES string of the molecule is CC1(C(=O)N[C@@H](CNC(=O)CO[C@@H]2C[C@@H](CNc3ccccn3)N(C(=O)OCc3ccccc3)C2)C(=O)O)CCCCC1. The molecule has 1 aromatic heterocycles. The summed E-state index contributed by atoms with van der Waals surface area (Å²) in [5.74, 6) is -1.38. The van der Waals surface area contributed by atoms with Gasteiger partial charge in [0.1, 0.15) is 25.1 Å². The number of pyridine rings is 1. The van der Waals surface area contributed by atoms with Crippen LogP contribution in [-0.2, 0) is 30.5 Å². The Balaban J connectivity index is 1.27. The molecule has 4 N–H and O–H groups in total. The second kappa shape index (κ2) is 15.3. The molecule has 3 amide bonds. The lowest BCUT2D eigenvalue weighted by Crippen LogP contribution is -2.53. The Morgan fingerprint density at radius 2 is 1.81 bits per heavy atom. The number of carboxylic acid groups (broad SMARTS) is 1. The van der Waals surface area contributed by atoms with Gasteiger partial charge in [-0.05, 0) is 37.0 Å². The van der Waals surface area contributed by atoms with Crippen molar-refractivity contribution in [3.63, 3.8) is 0 Å². The van der Waals surface area contributed by atoms with Crippen LogP contribution in [0.15, 0.2) is 54.7 Å². The monoisotopic (exact) mass is 595 g/mol. The van der Waals surface area contributed by atoms with Crippen LogP contribution in [0, 0.1) is 5.41 Å². The Morgan fingerprint density at radius 1 is 1.07 bits per heavy atom. The minimum absolute atomic E-state index is 0.130. The number of benzene rings is 1. The van der Waals surface area contributed by atoms with Crippen LogP contribution in [0.5, 0.6) is 0 Å². The van der Waals surface area contributed by atoms with Crippen LogP contribution in [0.3, 0.4) is 0 Å². The zero-order valence-corrected chi connectivity index (χ0v) is 24.5. The first kappa shape index (κ1) is 31.7. The molecule has 12 heteroatoms. The molecule has 0 radical (unpaired) electrons. The van der Waals surface area contributed by atoms with E-state index in [1.165, 1.54) is 0 Å². The minimum atomic E-state index is -1.25. The van der Waals surface area contributed by atoms with E-state index < -0.39 is 35.5 Å². The smallest absolute Gasteiger partial charge is 0.410 e. The number of aliphatic carboxylic acids is 1. The number of nitrogens with zero attached hydrogens (tertiary/aromatic N) is 2. The molecule has 232 valence electrons. The molecule has 2 heterocycles. The number of carbonyl (C=O) groups excluding carboxylic acids is 3. The summed E-state index contributed by atoms with van der Waals surface area (Å²) in [6.45, 7) is 2.03. The van der Waals surface area contributed by atoms with E-state index in [1.54, 1.807) is 11.1 Å². The van der Waals surface area contributed by atoms with Crippen molar-refractivity contribution in [1.29, 1.82) is 0 Å². The van der Waals surface area contributed by atoms with Gasteiger partial charge in [0.25, 0.3) is 0 Å². The van der Waals surface area contributed by atoms with Crippen LogP contribution in [0.25, 0.3) is 0 Å². The zero-order valence-electron chi connectivity index (χ0n) is 24.5. The van der Waals surface area contributed by atoms with Gasteiger partial charge < -0.3 is 35.4 Å². The largest absolute Gasteiger partial charge is 0.480 e. The van der Waals surface area contributed by atoms with Crippen LogP contribution in [-0.4, -0.2) is 83.3 Å². The molecule has 4 rings (SSSR count). The first-order valence-corrected chi connectivity index (χ1v) is 14.8. The van der Waals surface area contributed by atoms with Gasteiger partial charge in [0.15, 0.2) is 0 Å². The van der Waals surface area contributed by atoms with Crippen molar-refractivity contribution < 1.29 is 33.8 Å². The molecular formula is C31H41N5O7. The fraction of sp³-hybridized carbons (Fsp3) is 0.516. The highest BCUT2D eigenvalue weighted by molar-refractivity contribution is 5.88. The summed E-state index contributed by atoms with van der Waals surface area (Å²) < 4.78 is 11.4. The summed E-state index contributed by atoms with van der Waals surface area (Å²) in [5, 5.41) is 18.0. The molecule has 2 aromatic rings. The lowest BCUT2D eigenvalue weighted by atomic mass is 9.75. The summed E-state index contributed by atoms with van der Waals surface area (Å²) >= 11 is 0. The first-order chi connectivity index (χ1) is 20.7. The number of likely N-dealkylation sites (tertiary alicyclic amines) is 1. The fourth-order valence-corrected chi connectivity index (χ4v) is 5.46. The molecule has 12 nitrogen and oxygen atoms in total. The third-order valence-electron chi connectivity index (χ3n) is 8.06. The van der Waals surface area contributed by atoms with Crippen molar-refractivity contribution in [2.45, 2.75) is 70.2 Å². The highest BCUT2D eigenvalue weighted by Gasteiger charge is 2.38. The van der Waals surface area contributed by atoms with Crippen molar-refractivity contribution in [3.8, 4) is 0 Å². The molecule has 1 aromatic carbocycles. The number of aromatic nitrogens is 1. The Labute approximate surface area is 251 Å². The summed E-state index contributed by atoms with van der Waals surface area (Å²) in [6.07, 6.45) is 5.55. The van der Waals surface area contributed by atoms with Gasteiger partial charge in [-0.1, -0.05) is 62.6 Å². The van der Waals surface area contributed by atoms with Crippen LogP contribution in [0.4, 0.5) is 10.6 Å². The standard InChI is InChI=1S/C31H41N5O7/c1-31(13-7-3-8-14-31)29(40)35-25(28(38)39)18-34-27(37)21-42-24-16-23(17-33-26-12-6-9-15-32-26)36(19-24)30(41)43-20-22-10-4-2-5-11-22/h2,4-6,9-12,15,23-25H,3,7-8,13-14,16-21H2,1H3,(H,32,33)(H,34,37)(H,35,40)(H,38,39)/t23-,24+,25-/m0/s1. The van der Waals surface area contributed by atoms with E-state index in [4.69, 9.17) is 9.47 Å². The minimum Gasteiger partial charge on any atom is -0.480 e. The van der Waals surface area contributed by atoms with E-state index in [2.05, 4.69) is 20.9 Å². The van der Waals surface area contributed by atoms with Crippen LogP contribution >= 0.6 is 0 Å². The van der Waals surface area contributed by atoms with Gasteiger partial charge in [-0.3, -0.25) is 9.59 Å². The first-order valence-electron chi connectivity index (χ1n) is 14.8. The second-order valence-electron chi connectivity index (χ2n) is 11.4. The summed E-state index contributed by atoms with van der Waals surface area (Å²) in [7, 11) is 0. The van der Waals surface area contributed by atoms with E-state index in [9.17, 15) is 24.3 Å². The number of nitrogens with one attached hydrogen (secondary N) is 3. The van der Waals surface area contributed by atoms with Crippen molar-refractivity contribution in [1.82, 2.24) is 20.5 Å². The van der Waals surface area contributed by atoms with Gasteiger partial charge in [-0.25, -0.2) is 14.6 Å². The molecule has 3 atom stereocenters. The third kappa shape index (κ3) is 9.40. The number of anilines is 1. The quantitative estimate of drug-likeness (QED) is 0.273. The van der Waals surface area contributed by atoms with Gasteiger partial charge in [0.05, 0.1) is 18.7 Å². The van der Waals surface area contributed by atoms with E-state index >= 15 is 0 Å². The van der Waals surface area contributed by atoms with Crippen LogP contribution in [0.2, 0.25) is 0 Å². The van der Waals surface area contributed by atoms with E-state index in [0.717, 1.165) is 24.8 Å². The molecule has 0 bridgehead atoms. The molecule has 1 aliphatic carbocycles. The Kier molecular flexibility index (Phi) is 11.3. The van der Waals surface area contributed by atoms with Crippen molar-refractivity contribution >= 4 is 29.7 Å².